The van der Waals surface area contributed by atoms with Crippen LogP contribution in [0.3, 0.4) is 0 Å². The van der Waals surface area contributed by atoms with E-state index in [1.807, 2.05) is 34.9 Å². The average molecular weight is 577 g/mol. The van der Waals surface area contributed by atoms with Crippen LogP contribution in [-0.4, -0.2) is 45.6 Å². The number of amides is 1. The predicted molar refractivity (Wildman–Crippen MR) is 149 cm³/mol. The van der Waals surface area contributed by atoms with Gasteiger partial charge >= 0.3 is 0 Å². The minimum Gasteiger partial charge on any atom is -0.493 e. The number of halogens is 2. The molecule has 0 radical (unpaired) electrons. The Kier molecular flexibility index (Phi) is 9.09. The van der Waals surface area contributed by atoms with Gasteiger partial charge in [-0.2, -0.15) is 0 Å². The zero-order valence-electron chi connectivity index (χ0n) is 20.0. The van der Waals surface area contributed by atoms with Crippen LogP contribution in [0.1, 0.15) is 10.4 Å². The molecule has 37 heavy (non-hydrogen) atoms. The third kappa shape index (κ3) is 6.64. The molecule has 0 bridgehead atoms. The number of hydrogen-bond donors (Lipinski definition) is 1. The third-order valence-electron chi connectivity index (χ3n) is 5.16. The summed E-state index contributed by atoms with van der Waals surface area (Å²) < 4.78 is 12.6. The Bertz CT molecular complexity index is 1420. The molecule has 2 aromatic carbocycles. The van der Waals surface area contributed by atoms with Crippen LogP contribution in [-0.2, 0) is 17.8 Å². The number of carbonyl (C=O) groups excluding carboxylic acids is 1. The van der Waals surface area contributed by atoms with E-state index in [2.05, 4.69) is 27.1 Å². The first-order valence-electron chi connectivity index (χ1n) is 11.0. The zero-order valence-corrected chi connectivity index (χ0v) is 23.2. The van der Waals surface area contributed by atoms with Crippen molar-refractivity contribution in [2.24, 2.45) is 0 Å². The van der Waals surface area contributed by atoms with Gasteiger partial charge in [-0.3, -0.25) is 9.36 Å². The van der Waals surface area contributed by atoms with E-state index in [0.29, 0.717) is 50.6 Å². The summed E-state index contributed by atoms with van der Waals surface area (Å²) in [7, 11) is 3.16. The molecule has 0 saturated heterocycles. The lowest BCUT2D eigenvalue weighted by molar-refractivity contribution is -0.113. The van der Waals surface area contributed by atoms with Crippen molar-refractivity contribution in [1.29, 1.82) is 0 Å². The monoisotopic (exact) mass is 575 g/mol. The van der Waals surface area contributed by atoms with Crippen LogP contribution in [0.4, 0.5) is 5.13 Å². The smallest absolute Gasteiger partial charge is 0.236 e. The minimum absolute atomic E-state index is 0.142. The SMILES string of the molecule is C=CCn1c(SCC(=O)Nc2ncc(Cc3ccc(Cl)c(Cl)c3)s2)nnc1-c1ccc(OC)c(OC)c1. The molecule has 0 aliphatic carbocycles. The number of rotatable bonds is 11. The van der Waals surface area contributed by atoms with E-state index in [1.54, 1.807) is 32.6 Å². The van der Waals surface area contributed by atoms with Crippen LogP contribution in [0.15, 0.2) is 60.4 Å². The van der Waals surface area contributed by atoms with Crippen LogP contribution in [0, 0.1) is 0 Å². The van der Waals surface area contributed by atoms with Crippen molar-refractivity contribution >= 4 is 57.3 Å². The zero-order chi connectivity index (χ0) is 26.4. The van der Waals surface area contributed by atoms with Crippen molar-refractivity contribution < 1.29 is 14.3 Å². The number of carbonyl (C=O) groups is 1. The van der Waals surface area contributed by atoms with Gasteiger partial charge in [0.2, 0.25) is 5.91 Å². The summed E-state index contributed by atoms with van der Waals surface area (Å²) in [5.41, 5.74) is 1.82. The van der Waals surface area contributed by atoms with Crippen molar-refractivity contribution in [3.8, 4) is 22.9 Å². The van der Waals surface area contributed by atoms with Crippen LogP contribution in [0.5, 0.6) is 11.5 Å². The standard InChI is InChI=1S/C25H23Cl2N5O3S2/c1-4-9-32-23(16-6-8-20(34-2)21(12-16)35-3)30-31-25(32)36-14-22(33)29-24-28-13-17(37-24)10-15-5-7-18(26)19(27)11-15/h4-8,11-13H,1,9-10,14H2,2-3H3,(H,28,29,33). The van der Waals surface area contributed by atoms with E-state index in [1.165, 1.54) is 23.1 Å². The van der Waals surface area contributed by atoms with Crippen molar-refractivity contribution in [2.75, 3.05) is 25.3 Å². The number of aromatic nitrogens is 4. The Hall–Kier alpha value is -3.05. The second kappa shape index (κ2) is 12.5. The van der Waals surface area contributed by atoms with Crippen LogP contribution < -0.4 is 14.8 Å². The van der Waals surface area contributed by atoms with Crippen molar-refractivity contribution in [2.45, 2.75) is 18.1 Å². The molecular formula is C25H23Cl2N5O3S2. The van der Waals surface area contributed by atoms with Crippen molar-refractivity contribution in [3.63, 3.8) is 0 Å². The van der Waals surface area contributed by atoms with Gasteiger partial charge in [-0.25, -0.2) is 4.98 Å². The van der Waals surface area contributed by atoms with Gasteiger partial charge in [0.05, 0.1) is 30.0 Å². The van der Waals surface area contributed by atoms with E-state index in [9.17, 15) is 4.79 Å². The average Bonchev–Trinajstić information content (AvgIpc) is 3.51. The molecule has 12 heteroatoms. The Labute approximate surface area is 232 Å². The molecule has 0 aliphatic rings. The maximum Gasteiger partial charge on any atom is 0.236 e. The normalized spacial score (nSPS) is 10.8. The fourth-order valence-corrected chi connectivity index (χ4v) is 5.39. The maximum absolute atomic E-state index is 12.6. The molecule has 1 amide bonds. The number of benzene rings is 2. The number of methoxy groups -OCH3 is 2. The molecule has 2 heterocycles. The summed E-state index contributed by atoms with van der Waals surface area (Å²) in [6.45, 7) is 4.31. The van der Waals surface area contributed by atoms with E-state index in [4.69, 9.17) is 32.7 Å². The molecule has 0 saturated carbocycles. The first-order valence-corrected chi connectivity index (χ1v) is 13.6. The Morgan fingerprint density at radius 2 is 1.95 bits per heavy atom. The largest absolute Gasteiger partial charge is 0.493 e. The van der Waals surface area contributed by atoms with Gasteiger partial charge in [0.25, 0.3) is 0 Å². The molecule has 4 aromatic rings. The van der Waals surface area contributed by atoms with Crippen molar-refractivity contribution in [3.05, 3.63) is 75.7 Å². The summed E-state index contributed by atoms with van der Waals surface area (Å²) in [5, 5.41) is 13.6. The van der Waals surface area contributed by atoms with Gasteiger partial charge in [-0.05, 0) is 35.9 Å². The number of allylic oxidation sites excluding steroid dienone is 1. The summed E-state index contributed by atoms with van der Waals surface area (Å²) in [6, 6.07) is 11.0. The molecule has 2 aromatic heterocycles. The quantitative estimate of drug-likeness (QED) is 0.167. The lowest BCUT2D eigenvalue weighted by atomic mass is 10.1. The van der Waals surface area contributed by atoms with Gasteiger partial charge in [-0.15, -0.1) is 28.1 Å². The molecule has 4 rings (SSSR count). The lowest BCUT2D eigenvalue weighted by Crippen LogP contribution is -2.14. The molecule has 1 N–H and O–H groups in total. The molecular weight excluding hydrogens is 553 g/mol. The van der Waals surface area contributed by atoms with E-state index >= 15 is 0 Å². The number of hydrogen-bond acceptors (Lipinski definition) is 8. The van der Waals surface area contributed by atoms with E-state index in [0.717, 1.165) is 16.0 Å². The molecule has 0 spiro atoms. The van der Waals surface area contributed by atoms with Gasteiger partial charge < -0.3 is 14.8 Å². The Morgan fingerprint density at radius 1 is 1.14 bits per heavy atom. The second-order valence-electron chi connectivity index (χ2n) is 7.67. The lowest BCUT2D eigenvalue weighted by Gasteiger charge is -2.11. The summed E-state index contributed by atoms with van der Waals surface area (Å²) in [6.07, 6.45) is 4.14. The van der Waals surface area contributed by atoms with Gasteiger partial charge in [-0.1, -0.05) is 47.1 Å². The van der Waals surface area contributed by atoms with Gasteiger partial charge in [0.1, 0.15) is 0 Å². The fourth-order valence-electron chi connectivity index (χ4n) is 3.46. The van der Waals surface area contributed by atoms with Crippen LogP contribution in [0.2, 0.25) is 10.0 Å². The van der Waals surface area contributed by atoms with E-state index < -0.39 is 0 Å². The molecule has 0 unspecified atom stereocenters. The van der Waals surface area contributed by atoms with Gasteiger partial charge in [0, 0.05) is 29.6 Å². The number of nitrogens with zero attached hydrogens (tertiary/aromatic N) is 4. The third-order valence-corrected chi connectivity index (χ3v) is 7.78. The first-order chi connectivity index (χ1) is 17.9. The highest BCUT2D eigenvalue weighted by Crippen LogP contribution is 2.33. The molecule has 0 atom stereocenters. The maximum atomic E-state index is 12.6. The second-order valence-corrected chi connectivity index (χ2v) is 10.5. The Morgan fingerprint density at radius 3 is 2.68 bits per heavy atom. The number of anilines is 1. The highest BCUT2D eigenvalue weighted by atomic mass is 35.5. The molecule has 0 fully saturated rings. The highest BCUT2D eigenvalue weighted by molar-refractivity contribution is 7.99. The summed E-state index contributed by atoms with van der Waals surface area (Å²) >= 11 is 14.8. The summed E-state index contributed by atoms with van der Waals surface area (Å²) in [5.74, 6) is 1.79. The number of thiazole rings is 1. The minimum atomic E-state index is -0.193. The summed E-state index contributed by atoms with van der Waals surface area (Å²) in [4.78, 5) is 17.9. The molecule has 0 aliphatic heterocycles. The predicted octanol–water partition coefficient (Wildman–Crippen LogP) is 6.23. The molecule has 192 valence electrons. The number of nitrogens with one attached hydrogen (secondary N) is 1. The van der Waals surface area contributed by atoms with Crippen molar-refractivity contribution in [1.82, 2.24) is 19.7 Å². The highest BCUT2D eigenvalue weighted by Gasteiger charge is 2.17. The number of ether oxygens (including phenoxy) is 2. The topological polar surface area (TPSA) is 91.2 Å². The number of thioether (sulfide) groups is 1. The molecule has 8 nitrogen and oxygen atoms in total. The van der Waals surface area contributed by atoms with E-state index in [-0.39, 0.29) is 11.7 Å². The Balaban J connectivity index is 1.40. The van der Waals surface area contributed by atoms with Crippen LogP contribution >= 0.6 is 46.3 Å². The van der Waals surface area contributed by atoms with Gasteiger partial charge in [0.15, 0.2) is 27.6 Å². The first kappa shape index (κ1) is 27.0. The van der Waals surface area contributed by atoms with Crippen LogP contribution in [0.25, 0.3) is 11.4 Å². The fraction of sp³-hybridized carbons (Fsp3) is 0.200.